The summed E-state index contributed by atoms with van der Waals surface area (Å²) in [6.07, 6.45) is 18.5. The predicted octanol–water partition coefficient (Wildman–Crippen LogP) is 7.68. The summed E-state index contributed by atoms with van der Waals surface area (Å²) in [5, 5.41) is 18.6. The van der Waals surface area contributed by atoms with Crippen molar-refractivity contribution in [3.05, 3.63) is 119 Å². The largest absolute Gasteiger partial charge is 0.395 e. The zero-order chi connectivity index (χ0) is 34.6. The van der Waals surface area contributed by atoms with E-state index in [2.05, 4.69) is 139 Å². The summed E-state index contributed by atoms with van der Waals surface area (Å²) in [6, 6.07) is 17.2. The molecule has 2 aromatic carbocycles. The molecule has 0 saturated heterocycles. The van der Waals surface area contributed by atoms with Crippen LogP contribution in [0.5, 0.6) is 0 Å². The molecular weight excluding hydrogens is 633 g/mol. The number of pyridine rings is 1. The van der Waals surface area contributed by atoms with Crippen LogP contribution in [0.2, 0.25) is 0 Å². The van der Waals surface area contributed by atoms with Gasteiger partial charge in [-0.3, -0.25) is 4.99 Å². The topological polar surface area (TPSA) is 63.2 Å². The van der Waals surface area contributed by atoms with Crippen molar-refractivity contribution < 1.29 is 14.8 Å². The monoisotopic (exact) mass is 685 g/mol. The second-order valence-electron chi connectivity index (χ2n) is 11.3. The number of likely N-dealkylation sites (N-methyl/N-ethyl adjacent to an activating group) is 2. The fraction of sp³-hybridized carbons (Fsp3) is 0.350. The summed E-state index contributed by atoms with van der Waals surface area (Å²) in [4.78, 5) is 8.91. The average Bonchev–Trinajstić information content (AvgIpc) is 3.10. The Kier molecular flexibility index (Phi) is 17.9. The lowest BCUT2D eigenvalue weighted by molar-refractivity contribution is -0.692. The second-order valence-corrected chi connectivity index (χ2v) is 14.0. The van der Waals surface area contributed by atoms with Gasteiger partial charge in [-0.05, 0) is 91.4 Å². The number of hydrogen-bond acceptors (Lipinski definition) is 7. The molecule has 6 nitrogen and oxygen atoms in total. The van der Waals surface area contributed by atoms with Crippen LogP contribution in [-0.4, -0.2) is 73.9 Å². The van der Waals surface area contributed by atoms with Crippen molar-refractivity contribution in [3.63, 3.8) is 0 Å². The number of aliphatic imine (C=N–C) groups is 1. The molecule has 1 heterocycles. The van der Waals surface area contributed by atoms with Crippen LogP contribution in [0.3, 0.4) is 0 Å². The molecule has 0 spiro atoms. The summed E-state index contributed by atoms with van der Waals surface area (Å²) in [5.41, 5.74) is 9.27. The van der Waals surface area contributed by atoms with Gasteiger partial charge in [-0.1, -0.05) is 70.7 Å². The third-order valence-electron chi connectivity index (χ3n) is 8.00. The van der Waals surface area contributed by atoms with Gasteiger partial charge in [0.25, 0.3) is 0 Å². The first-order valence-corrected chi connectivity index (χ1v) is 19.3. The van der Waals surface area contributed by atoms with Crippen LogP contribution in [0.15, 0.2) is 96.3 Å². The lowest BCUT2D eigenvalue weighted by atomic mass is 10.1. The van der Waals surface area contributed by atoms with Crippen molar-refractivity contribution in [2.45, 2.75) is 34.2 Å². The molecule has 0 fully saturated rings. The van der Waals surface area contributed by atoms with Crippen molar-refractivity contribution in [2.75, 3.05) is 67.2 Å². The molecule has 3 aromatic rings. The first kappa shape index (κ1) is 38.9. The normalized spacial score (nSPS) is 12.1. The Hall–Kier alpha value is -3.56. The molecule has 256 valence electrons. The van der Waals surface area contributed by atoms with Gasteiger partial charge in [-0.15, -0.1) is 0 Å². The van der Waals surface area contributed by atoms with Crippen LogP contribution < -0.4 is 14.4 Å². The molecular formula is C40H53N4O2S2+. The first-order chi connectivity index (χ1) is 23.4. The molecule has 0 saturated carbocycles. The van der Waals surface area contributed by atoms with Crippen molar-refractivity contribution in [2.24, 2.45) is 4.99 Å². The highest BCUT2D eigenvalue weighted by molar-refractivity contribution is 8.76. The number of rotatable bonds is 21. The summed E-state index contributed by atoms with van der Waals surface area (Å²) in [6.45, 7) is 17.5. The number of benzene rings is 2. The van der Waals surface area contributed by atoms with Crippen LogP contribution >= 0.6 is 21.6 Å². The minimum atomic E-state index is 0.152. The van der Waals surface area contributed by atoms with E-state index in [-0.39, 0.29) is 13.2 Å². The Balaban J connectivity index is 1.36. The van der Waals surface area contributed by atoms with Crippen LogP contribution in [0.25, 0.3) is 18.2 Å². The molecule has 0 aliphatic carbocycles. The van der Waals surface area contributed by atoms with Crippen LogP contribution in [-0.2, 0) is 6.54 Å². The van der Waals surface area contributed by atoms with E-state index >= 15 is 0 Å². The molecule has 0 aliphatic heterocycles. The molecule has 0 radical (unpaired) electrons. The lowest BCUT2D eigenvalue weighted by Gasteiger charge is -2.22. The Bertz CT molecular complexity index is 1530. The van der Waals surface area contributed by atoms with Crippen molar-refractivity contribution in [1.29, 1.82) is 0 Å². The molecule has 1 aromatic heterocycles. The standard InChI is InChI=1S/C40H53N4O2S2/c1-6-35(9-11-37-13-15-39(31-33(37)4)43(7-2)24-27-45)17-20-41-21-29-47-48-30-26-42-22-18-36(19-23-42)10-12-38-14-16-40(32-34(38)5)44(8-3)25-28-46/h6,9-20,22-23,31-32,45-46H,1,7-8,21,24-30H2,2-5H3/q+1/b11-9+,35-17+,41-20?. The zero-order valence-corrected chi connectivity index (χ0v) is 30.7. The number of nitrogens with zero attached hydrogens (tertiary/aromatic N) is 4. The highest BCUT2D eigenvalue weighted by atomic mass is 33.1. The van der Waals surface area contributed by atoms with Gasteiger partial charge in [0.05, 0.1) is 19.0 Å². The quantitative estimate of drug-likeness (QED) is 0.0395. The molecule has 0 amide bonds. The third-order valence-corrected chi connectivity index (χ3v) is 10.4. The molecule has 8 heteroatoms. The number of aliphatic hydroxyl groups excluding tert-OH is 2. The van der Waals surface area contributed by atoms with Crippen molar-refractivity contribution in [1.82, 2.24) is 0 Å². The number of hydrogen-bond donors (Lipinski definition) is 2. The van der Waals surface area contributed by atoms with Gasteiger partial charge in [0.1, 0.15) is 0 Å². The minimum absolute atomic E-state index is 0.152. The Morgan fingerprint density at radius 1 is 0.812 bits per heavy atom. The lowest BCUT2D eigenvalue weighted by Crippen LogP contribution is -2.33. The van der Waals surface area contributed by atoms with E-state index in [4.69, 9.17) is 0 Å². The maximum atomic E-state index is 9.31. The van der Waals surface area contributed by atoms with E-state index in [1.165, 1.54) is 22.3 Å². The molecule has 3 rings (SSSR count). The van der Waals surface area contributed by atoms with Crippen LogP contribution in [0.4, 0.5) is 11.4 Å². The fourth-order valence-corrected chi connectivity index (χ4v) is 6.98. The number of anilines is 2. The van der Waals surface area contributed by atoms with Crippen LogP contribution in [0, 0.1) is 13.8 Å². The van der Waals surface area contributed by atoms with Crippen LogP contribution in [0.1, 0.15) is 41.7 Å². The highest BCUT2D eigenvalue weighted by Gasteiger charge is 2.07. The van der Waals surface area contributed by atoms with E-state index in [0.717, 1.165) is 60.2 Å². The molecule has 2 N–H and O–H groups in total. The van der Waals surface area contributed by atoms with Gasteiger partial charge in [0.2, 0.25) is 0 Å². The van der Waals surface area contributed by atoms with Gasteiger partial charge in [0, 0.05) is 68.2 Å². The average molecular weight is 686 g/mol. The van der Waals surface area contributed by atoms with Gasteiger partial charge < -0.3 is 20.0 Å². The van der Waals surface area contributed by atoms with Gasteiger partial charge in [0.15, 0.2) is 18.9 Å². The van der Waals surface area contributed by atoms with Crippen molar-refractivity contribution >= 4 is 57.4 Å². The maximum absolute atomic E-state index is 9.31. The number of aliphatic hydroxyl groups is 2. The van der Waals surface area contributed by atoms with E-state index in [1.807, 2.05) is 40.0 Å². The van der Waals surface area contributed by atoms with E-state index in [9.17, 15) is 10.2 Å². The highest BCUT2D eigenvalue weighted by Crippen LogP contribution is 2.23. The van der Waals surface area contributed by atoms with Gasteiger partial charge in [-0.25, -0.2) is 4.57 Å². The summed E-state index contributed by atoms with van der Waals surface area (Å²) < 4.78 is 2.23. The molecule has 0 atom stereocenters. The first-order valence-electron chi connectivity index (χ1n) is 16.8. The number of allylic oxidation sites excluding steroid dienone is 4. The number of aromatic nitrogens is 1. The number of aryl methyl sites for hydroxylation is 3. The van der Waals surface area contributed by atoms with Gasteiger partial charge >= 0.3 is 0 Å². The smallest absolute Gasteiger partial charge is 0.169 e. The van der Waals surface area contributed by atoms with Gasteiger partial charge in [-0.2, -0.15) is 0 Å². The SMILES string of the molecule is C=CC(/C=C/c1ccc(N(CC)CCO)cc1C)=C\C=NCCSSCC[n+]1ccc(/C=C/c2ccc(N(CC)CCO)cc2C)cc1. The molecule has 48 heavy (non-hydrogen) atoms. The van der Waals surface area contributed by atoms with E-state index in [0.29, 0.717) is 13.1 Å². The minimum Gasteiger partial charge on any atom is -0.395 e. The maximum Gasteiger partial charge on any atom is 0.169 e. The molecule has 0 aliphatic rings. The predicted molar refractivity (Wildman–Crippen MR) is 213 cm³/mol. The second kappa shape index (κ2) is 22.1. The van der Waals surface area contributed by atoms with E-state index < -0.39 is 0 Å². The molecule has 0 bridgehead atoms. The summed E-state index contributed by atoms with van der Waals surface area (Å²) in [7, 11) is 3.75. The Morgan fingerprint density at radius 2 is 1.40 bits per heavy atom. The van der Waals surface area contributed by atoms with E-state index in [1.54, 1.807) is 0 Å². The molecule has 0 unspecified atom stereocenters. The zero-order valence-electron chi connectivity index (χ0n) is 29.1. The third kappa shape index (κ3) is 13.2. The summed E-state index contributed by atoms with van der Waals surface area (Å²) in [5.74, 6) is 2.01. The fourth-order valence-electron chi connectivity index (χ4n) is 5.12. The van der Waals surface area contributed by atoms with Crippen molar-refractivity contribution in [3.8, 4) is 0 Å². The summed E-state index contributed by atoms with van der Waals surface area (Å²) >= 11 is 0. The Labute approximate surface area is 296 Å². The Morgan fingerprint density at radius 3 is 1.94 bits per heavy atom.